The summed E-state index contributed by atoms with van der Waals surface area (Å²) in [4.78, 5) is 23.8. The zero-order valence-electron chi connectivity index (χ0n) is 8.37. The van der Waals surface area contributed by atoms with E-state index in [2.05, 4.69) is 5.32 Å². The van der Waals surface area contributed by atoms with Gasteiger partial charge in [-0.3, -0.25) is 9.69 Å². The number of nitrogens with zero attached hydrogens (tertiary/aromatic N) is 1. The van der Waals surface area contributed by atoms with E-state index >= 15 is 0 Å². The lowest BCUT2D eigenvalue weighted by Crippen LogP contribution is -2.30. The van der Waals surface area contributed by atoms with E-state index in [1.165, 1.54) is 0 Å². The molecule has 0 aromatic heterocycles. The maximum absolute atomic E-state index is 11.3. The predicted molar refractivity (Wildman–Crippen MR) is 59.8 cm³/mol. The summed E-state index contributed by atoms with van der Waals surface area (Å²) in [5, 5.41) is 2.97. The number of carbonyl (C=O) groups excluding carboxylic acids is 2. The predicted octanol–water partition coefficient (Wildman–Crippen LogP) is 0.974. The van der Waals surface area contributed by atoms with Crippen molar-refractivity contribution in [3.05, 3.63) is 28.8 Å². The summed E-state index contributed by atoms with van der Waals surface area (Å²) in [5.74, 6) is -0.251. The van der Waals surface area contributed by atoms with E-state index in [-0.39, 0.29) is 25.0 Å². The van der Waals surface area contributed by atoms with E-state index in [1.54, 1.807) is 18.2 Å². The lowest BCUT2D eigenvalue weighted by molar-refractivity contribution is -0.125. The van der Waals surface area contributed by atoms with Crippen LogP contribution in [0.2, 0.25) is 5.02 Å². The van der Waals surface area contributed by atoms with Crippen LogP contribution in [0.4, 0.5) is 10.5 Å². The number of nitrogen functional groups attached to an aromatic ring is 1. The molecule has 0 aliphatic carbocycles. The van der Waals surface area contributed by atoms with Gasteiger partial charge in [-0.2, -0.15) is 0 Å². The highest BCUT2D eigenvalue weighted by Gasteiger charge is 2.28. The zero-order valence-corrected chi connectivity index (χ0v) is 9.12. The van der Waals surface area contributed by atoms with Crippen molar-refractivity contribution in [1.82, 2.24) is 10.2 Å². The zero-order chi connectivity index (χ0) is 11.7. The second-order valence-electron chi connectivity index (χ2n) is 3.48. The number of imide groups is 1. The fraction of sp³-hybridized carbons (Fsp3) is 0.200. The highest BCUT2D eigenvalue weighted by atomic mass is 35.5. The summed E-state index contributed by atoms with van der Waals surface area (Å²) >= 11 is 5.75. The second kappa shape index (κ2) is 4.02. The van der Waals surface area contributed by atoms with Crippen LogP contribution in [0.3, 0.4) is 0 Å². The molecular formula is C10H10ClN3O2. The third-order valence-electron chi connectivity index (χ3n) is 2.37. The van der Waals surface area contributed by atoms with Crippen LogP contribution in [0.5, 0.6) is 0 Å². The van der Waals surface area contributed by atoms with Crippen LogP contribution in [0.1, 0.15) is 5.56 Å². The van der Waals surface area contributed by atoms with Crippen molar-refractivity contribution in [2.75, 3.05) is 12.3 Å². The molecule has 1 aromatic carbocycles. The molecule has 1 heterocycles. The average molecular weight is 240 g/mol. The van der Waals surface area contributed by atoms with Crippen LogP contribution in [0.15, 0.2) is 18.2 Å². The van der Waals surface area contributed by atoms with Crippen molar-refractivity contribution >= 4 is 29.2 Å². The van der Waals surface area contributed by atoms with Gasteiger partial charge in [-0.25, -0.2) is 4.79 Å². The summed E-state index contributed by atoms with van der Waals surface area (Å²) in [7, 11) is 0. The van der Waals surface area contributed by atoms with Crippen LogP contribution in [-0.4, -0.2) is 23.4 Å². The summed E-state index contributed by atoms with van der Waals surface area (Å²) < 4.78 is 0. The van der Waals surface area contributed by atoms with E-state index in [0.29, 0.717) is 16.3 Å². The van der Waals surface area contributed by atoms with Crippen molar-refractivity contribution in [1.29, 1.82) is 0 Å². The van der Waals surface area contributed by atoms with Crippen LogP contribution in [0.25, 0.3) is 0 Å². The second-order valence-corrected chi connectivity index (χ2v) is 3.92. The Kier molecular flexibility index (Phi) is 2.70. The maximum atomic E-state index is 11.3. The number of rotatable bonds is 2. The normalized spacial score (nSPS) is 15.4. The number of hydrogen-bond acceptors (Lipinski definition) is 3. The van der Waals surface area contributed by atoms with Crippen molar-refractivity contribution in [3.8, 4) is 0 Å². The Bertz CT molecular complexity index is 445. The Morgan fingerprint density at radius 2 is 2.19 bits per heavy atom. The first-order chi connectivity index (χ1) is 7.58. The molecule has 5 nitrogen and oxygen atoms in total. The van der Waals surface area contributed by atoms with Gasteiger partial charge in [0.25, 0.3) is 0 Å². The van der Waals surface area contributed by atoms with Crippen molar-refractivity contribution < 1.29 is 9.59 Å². The van der Waals surface area contributed by atoms with Gasteiger partial charge >= 0.3 is 6.03 Å². The Balaban J connectivity index is 2.20. The number of anilines is 1. The minimum Gasteiger partial charge on any atom is -0.398 e. The average Bonchev–Trinajstić information content (AvgIpc) is 2.53. The third-order valence-corrected chi connectivity index (χ3v) is 2.61. The highest BCUT2D eigenvalue weighted by molar-refractivity contribution is 6.30. The lowest BCUT2D eigenvalue weighted by atomic mass is 10.1. The lowest BCUT2D eigenvalue weighted by Gasteiger charge is -2.13. The quantitative estimate of drug-likeness (QED) is 0.597. The molecule has 1 saturated heterocycles. The van der Waals surface area contributed by atoms with Crippen LogP contribution in [0, 0.1) is 0 Å². The monoisotopic (exact) mass is 239 g/mol. The number of halogens is 1. The number of carbonyl (C=O) groups is 2. The molecule has 0 atom stereocenters. The smallest absolute Gasteiger partial charge is 0.324 e. The SMILES string of the molecule is Nc1cc(Cl)ccc1CN1C(=O)CNC1=O. The van der Waals surface area contributed by atoms with Crippen LogP contribution in [-0.2, 0) is 11.3 Å². The third kappa shape index (κ3) is 1.94. The number of nitrogens with two attached hydrogens (primary N) is 1. The highest BCUT2D eigenvalue weighted by Crippen LogP contribution is 2.20. The Morgan fingerprint density at radius 1 is 1.44 bits per heavy atom. The fourth-order valence-corrected chi connectivity index (χ4v) is 1.68. The number of nitrogens with one attached hydrogen (secondary N) is 1. The topological polar surface area (TPSA) is 75.4 Å². The Morgan fingerprint density at radius 3 is 2.75 bits per heavy atom. The molecule has 0 bridgehead atoms. The van der Waals surface area contributed by atoms with E-state index < -0.39 is 0 Å². The molecule has 2 rings (SSSR count). The summed E-state index contributed by atoms with van der Waals surface area (Å²) in [6.07, 6.45) is 0. The number of benzene rings is 1. The molecule has 0 saturated carbocycles. The first kappa shape index (κ1) is 10.8. The molecule has 1 aromatic rings. The van der Waals surface area contributed by atoms with Crippen molar-refractivity contribution in [2.45, 2.75) is 6.54 Å². The molecule has 3 amide bonds. The molecule has 84 valence electrons. The Labute approximate surface area is 97.2 Å². The molecule has 1 fully saturated rings. The molecule has 6 heteroatoms. The maximum Gasteiger partial charge on any atom is 0.324 e. The summed E-state index contributed by atoms with van der Waals surface area (Å²) in [6, 6.07) is 4.58. The van der Waals surface area contributed by atoms with Gasteiger partial charge in [0.15, 0.2) is 0 Å². The van der Waals surface area contributed by atoms with Gasteiger partial charge in [-0.15, -0.1) is 0 Å². The first-order valence-electron chi connectivity index (χ1n) is 4.70. The van der Waals surface area contributed by atoms with Gasteiger partial charge in [0.2, 0.25) is 5.91 Å². The van der Waals surface area contributed by atoms with Gasteiger partial charge in [0, 0.05) is 10.7 Å². The van der Waals surface area contributed by atoms with Gasteiger partial charge < -0.3 is 11.1 Å². The molecule has 1 aliphatic rings. The van der Waals surface area contributed by atoms with Crippen molar-refractivity contribution in [3.63, 3.8) is 0 Å². The first-order valence-corrected chi connectivity index (χ1v) is 5.08. The van der Waals surface area contributed by atoms with E-state index in [0.717, 1.165) is 4.90 Å². The minimum absolute atomic E-state index is 0.0479. The summed E-state index contributed by atoms with van der Waals surface area (Å²) in [6.45, 7) is 0.222. The molecule has 0 spiro atoms. The van der Waals surface area contributed by atoms with Crippen LogP contribution >= 0.6 is 11.6 Å². The van der Waals surface area contributed by atoms with E-state index in [1.807, 2.05) is 0 Å². The standard InChI is InChI=1S/C10H10ClN3O2/c11-7-2-1-6(8(12)3-7)5-14-9(15)4-13-10(14)16/h1-3H,4-5,12H2,(H,13,16). The Hall–Kier alpha value is -1.75. The number of amides is 3. The molecular weight excluding hydrogens is 230 g/mol. The number of hydrogen-bond donors (Lipinski definition) is 2. The van der Waals surface area contributed by atoms with Gasteiger partial charge in [0.1, 0.15) is 0 Å². The van der Waals surface area contributed by atoms with Crippen molar-refractivity contribution in [2.24, 2.45) is 0 Å². The van der Waals surface area contributed by atoms with Gasteiger partial charge in [-0.05, 0) is 17.7 Å². The molecule has 1 aliphatic heterocycles. The fourth-order valence-electron chi connectivity index (χ4n) is 1.50. The van der Waals surface area contributed by atoms with Crippen LogP contribution < -0.4 is 11.1 Å². The van der Waals surface area contributed by atoms with E-state index in [9.17, 15) is 9.59 Å². The number of urea groups is 1. The largest absolute Gasteiger partial charge is 0.398 e. The minimum atomic E-state index is -0.389. The molecule has 16 heavy (non-hydrogen) atoms. The molecule has 0 unspecified atom stereocenters. The molecule has 0 radical (unpaired) electrons. The van der Waals surface area contributed by atoms with Gasteiger partial charge in [0.05, 0.1) is 13.1 Å². The van der Waals surface area contributed by atoms with Gasteiger partial charge in [-0.1, -0.05) is 17.7 Å². The van der Waals surface area contributed by atoms with E-state index in [4.69, 9.17) is 17.3 Å². The summed E-state index contributed by atoms with van der Waals surface area (Å²) in [5.41, 5.74) is 6.91. The molecule has 3 N–H and O–H groups in total.